The summed E-state index contributed by atoms with van der Waals surface area (Å²) in [6, 6.07) is 10.5. The molecule has 0 aromatic heterocycles. The Morgan fingerprint density at radius 2 is 1.61 bits per heavy atom. The van der Waals surface area contributed by atoms with Crippen LogP contribution in [0.2, 0.25) is 0 Å². The highest BCUT2D eigenvalue weighted by molar-refractivity contribution is 9.10. The number of methoxy groups -OCH3 is 3. The number of likely N-dealkylation sites (N-methyl/N-ethyl adjacent to an activating group) is 1. The van der Waals surface area contributed by atoms with E-state index in [0.29, 0.717) is 22.8 Å². The van der Waals surface area contributed by atoms with E-state index in [1.165, 1.54) is 19.1 Å². The Balaban J connectivity index is 2.02. The van der Waals surface area contributed by atoms with Gasteiger partial charge in [-0.05, 0) is 36.4 Å². The van der Waals surface area contributed by atoms with Crippen molar-refractivity contribution in [2.24, 2.45) is 0 Å². The third kappa shape index (κ3) is 5.16. The van der Waals surface area contributed by atoms with E-state index in [9.17, 15) is 9.59 Å². The SMILES string of the molecule is COc1ccc(CN(C)C(=O)CNC(=O)c2ccc(Br)cc2)c(OC)c1OC. The van der Waals surface area contributed by atoms with Crippen LogP contribution in [0.4, 0.5) is 0 Å². The number of hydrogen-bond donors (Lipinski definition) is 1. The van der Waals surface area contributed by atoms with Crippen molar-refractivity contribution in [1.82, 2.24) is 10.2 Å². The van der Waals surface area contributed by atoms with Crippen LogP contribution in [-0.4, -0.2) is 51.6 Å². The number of hydrogen-bond acceptors (Lipinski definition) is 5. The van der Waals surface area contributed by atoms with E-state index in [0.717, 1.165) is 10.0 Å². The van der Waals surface area contributed by atoms with Gasteiger partial charge < -0.3 is 24.4 Å². The van der Waals surface area contributed by atoms with Crippen molar-refractivity contribution in [2.45, 2.75) is 6.54 Å². The van der Waals surface area contributed by atoms with Crippen molar-refractivity contribution in [2.75, 3.05) is 34.9 Å². The van der Waals surface area contributed by atoms with Crippen molar-refractivity contribution in [1.29, 1.82) is 0 Å². The average Bonchev–Trinajstić information content (AvgIpc) is 2.71. The summed E-state index contributed by atoms with van der Waals surface area (Å²) < 4.78 is 16.9. The van der Waals surface area contributed by atoms with Gasteiger partial charge in [-0.1, -0.05) is 15.9 Å². The van der Waals surface area contributed by atoms with Crippen molar-refractivity contribution in [3.8, 4) is 17.2 Å². The van der Waals surface area contributed by atoms with E-state index >= 15 is 0 Å². The molecule has 150 valence electrons. The van der Waals surface area contributed by atoms with Crippen LogP contribution in [0, 0.1) is 0 Å². The number of nitrogens with zero attached hydrogens (tertiary/aromatic N) is 1. The molecular formula is C20H23BrN2O5. The number of carbonyl (C=O) groups excluding carboxylic acids is 2. The van der Waals surface area contributed by atoms with Gasteiger partial charge in [0, 0.05) is 29.2 Å². The summed E-state index contributed by atoms with van der Waals surface area (Å²) >= 11 is 3.32. The summed E-state index contributed by atoms with van der Waals surface area (Å²) in [7, 11) is 6.25. The lowest BCUT2D eigenvalue weighted by Crippen LogP contribution is -2.37. The lowest BCUT2D eigenvalue weighted by Gasteiger charge is -2.21. The molecule has 0 aliphatic carbocycles. The molecule has 0 aliphatic rings. The Labute approximate surface area is 172 Å². The molecule has 2 aromatic rings. The summed E-state index contributed by atoms with van der Waals surface area (Å²) in [6.45, 7) is 0.178. The fourth-order valence-corrected chi connectivity index (χ4v) is 2.89. The zero-order valence-corrected chi connectivity index (χ0v) is 17.8. The van der Waals surface area contributed by atoms with Crippen LogP contribution in [0.3, 0.4) is 0 Å². The van der Waals surface area contributed by atoms with Crippen LogP contribution in [0.1, 0.15) is 15.9 Å². The number of ether oxygens (including phenoxy) is 3. The Kier molecular flexibility index (Phi) is 7.69. The van der Waals surface area contributed by atoms with Crippen LogP contribution >= 0.6 is 15.9 Å². The molecule has 8 heteroatoms. The normalized spacial score (nSPS) is 10.2. The fraction of sp³-hybridized carbons (Fsp3) is 0.300. The summed E-state index contributed by atoms with van der Waals surface area (Å²) in [5, 5.41) is 2.63. The van der Waals surface area contributed by atoms with Crippen LogP contribution in [0.5, 0.6) is 17.2 Å². The summed E-state index contributed by atoms with van der Waals surface area (Å²) in [4.78, 5) is 26.1. The third-order valence-electron chi connectivity index (χ3n) is 4.13. The molecule has 0 fully saturated rings. The van der Waals surface area contributed by atoms with Gasteiger partial charge in [-0.3, -0.25) is 9.59 Å². The van der Waals surface area contributed by atoms with Crippen molar-refractivity contribution >= 4 is 27.7 Å². The van der Waals surface area contributed by atoms with Crippen molar-refractivity contribution in [3.05, 3.63) is 52.0 Å². The monoisotopic (exact) mass is 450 g/mol. The number of rotatable bonds is 8. The molecule has 0 saturated carbocycles. The summed E-state index contributed by atoms with van der Waals surface area (Å²) in [6.07, 6.45) is 0. The first-order chi connectivity index (χ1) is 13.4. The molecule has 0 heterocycles. The van der Waals surface area contributed by atoms with Crippen molar-refractivity contribution < 1.29 is 23.8 Å². The Morgan fingerprint density at radius 1 is 0.964 bits per heavy atom. The Morgan fingerprint density at radius 3 is 2.18 bits per heavy atom. The Hall–Kier alpha value is -2.74. The highest BCUT2D eigenvalue weighted by atomic mass is 79.9. The number of carbonyl (C=O) groups is 2. The first-order valence-electron chi connectivity index (χ1n) is 8.46. The smallest absolute Gasteiger partial charge is 0.251 e. The van der Waals surface area contributed by atoms with Gasteiger partial charge in [-0.15, -0.1) is 0 Å². The Bertz CT molecular complexity index is 839. The van der Waals surface area contributed by atoms with Gasteiger partial charge in [-0.25, -0.2) is 0 Å². The molecule has 2 amide bonds. The molecule has 0 saturated heterocycles. The zero-order chi connectivity index (χ0) is 20.7. The first kappa shape index (κ1) is 21.6. The van der Waals surface area contributed by atoms with Crippen LogP contribution in [0.25, 0.3) is 0 Å². The van der Waals surface area contributed by atoms with Crippen molar-refractivity contribution in [3.63, 3.8) is 0 Å². The quantitative estimate of drug-likeness (QED) is 0.668. The molecule has 7 nitrogen and oxygen atoms in total. The average molecular weight is 451 g/mol. The van der Waals surface area contributed by atoms with Gasteiger partial charge in [0.25, 0.3) is 5.91 Å². The van der Waals surface area contributed by atoms with Crippen LogP contribution < -0.4 is 19.5 Å². The van der Waals surface area contributed by atoms with E-state index in [-0.39, 0.29) is 24.9 Å². The van der Waals surface area contributed by atoms with Gasteiger partial charge in [0.15, 0.2) is 11.5 Å². The van der Waals surface area contributed by atoms with Gasteiger partial charge in [0.1, 0.15) is 0 Å². The first-order valence-corrected chi connectivity index (χ1v) is 9.26. The molecule has 0 atom stereocenters. The fourth-order valence-electron chi connectivity index (χ4n) is 2.63. The van der Waals surface area contributed by atoms with E-state index in [4.69, 9.17) is 14.2 Å². The number of amides is 2. The minimum Gasteiger partial charge on any atom is -0.493 e. The molecule has 28 heavy (non-hydrogen) atoms. The van der Waals surface area contributed by atoms with Gasteiger partial charge >= 0.3 is 0 Å². The summed E-state index contributed by atoms with van der Waals surface area (Å²) in [5.41, 5.74) is 1.25. The lowest BCUT2D eigenvalue weighted by atomic mass is 10.1. The molecule has 0 bridgehead atoms. The van der Waals surface area contributed by atoms with Gasteiger partial charge in [-0.2, -0.15) is 0 Å². The van der Waals surface area contributed by atoms with Crippen LogP contribution in [-0.2, 0) is 11.3 Å². The van der Waals surface area contributed by atoms with E-state index in [1.54, 1.807) is 44.5 Å². The minimum absolute atomic E-state index is 0.110. The zero-order valence-electron chi connectivity index (χ0n) is 16.2. The maximum atomic E-state index is 12.4. The predicted molar refractivity (Wildman–Crippen MR) is 109 cm³/mol. The molecule has 0 aliphatic heterocycles. The second-order valence-electron chi connectivity index (χ2n) is 5.93. The molecule has 0 unspecified atom stereocenters. The molecular weight excluding hydrogens is 428 g/mol. The maximum absolute atomic E-state index is 12.4. The maximum Gasteiger partial charge on any atom is 0.251 e. The highest BCUT2D eigenvalue weighted by Gasteiger charge is 2.19. The molecule has 1 N–H and O–H groups in total. The second kappa shape index (κ2) is 9.98. The number of nitrogens with one attached hydrogen (secondary N) is 1. The van der Waals surface area contributed by atoms with Crippen LogP contribution in [0.15, 0.2) is 40.9 Å². The second-order valence-corrected chi connectivity index (χ2v) is 6.85. The topological polar surface area (TPSA) is 77.1 Å². The number of halogens is 1. The number of benzene rings is 2. The highest BCUT2D eigenvalue weighted by Crippen LogP contribution is 2.40. The predicted octanol–water partition coefficient (Wildman–Crippen LogP) is 2.86. The largest absolute Gasteiger partial charge is 0.493 e. The molecule has 2 aromatic carbocycles. The lowest BCUT2D eigenvalue weighted by molar-refractivity contribution is -0.129. The standard InChI is InChI=1S/C20H23BrN2O5/c1-23(12-14-7-10-16(26-2)19(28-4)18(14)27-3)17(24)11-22-20(25)13-5-8-15(21)9-6-13/h5-10H,11-12H2,1-4H3,(H,22,25). The van der Waals surface area contributed by atoms with Gasteiger partial charge in [0.2, 0.25) is 11.7 Å². The summed E-state index contributed by atoms with van der Waals surface area (Å²) in [5.74, 6) is 0.964. The van der Waals surface area contributed by atoms with E-state index in [2.05, 4.69) is 21.2 Å². The molecule has 2 rings (SSSR count). The minimum atomic E-state index is -0.307. The van der Waals surface area contributed by atoms with Gasteiger partial charge in [0.05, 0.1) is 27.9 Å². The van der Waals surface area contributed by atoms with E-state index < -0.39 is 0 Å². The van der Waals surface area contributed by atoms with E-state index in [1.807, 2.05) is 6.07 Å². The molecule has 0 spiro atoms. The molecule has 0 radical (unpaired) electrons. The third-order valence-corrected chi connectivity index (χ3v) is 4.65.